The van der Waals surface area contributed by atoms with Crippen molar-refractivity contribution in [3.63, 3.8) is 0 Å². The number of aromatic nitrogens is 1. The predicted octanol–water partition coefficient (Wildman–Crippen LogP) is 3.23. The molecular weight excluding hydrogens is 391 g/mol. The number of halogens is 4. The molecule has 1 rings (SSSR count). The smallest absolute Gasteiger partial charge is 0.297 e. The highest BCUT2D eigenvalue weighted by molar-refractivity contribution is 7.99. The second kappa shape index (κ2) is 11.1. The van der Waals surface area contributed by atoms with Crippen molar-refractivity contribution in [1.82, 2.24) is 14.7 Å². The van der Waals surface area contributed by atoms with E-state index in [1.165, 1.54) is 22.3 Å². The molecule has 1 aromatic heterocycles. The molecule has 1 heterocycles. The van der Waals surface area contributed by atoms with Gasteiger partial charge in [0, 0.05) is 42.4 Å². The minimum atomic E-state index is -4.18. The zero-order chi connectivity index (χ0) is 19.6. The fourth-order valence-electron chi connectivity index (χ4n) is 1.92. The fourth-order valence-corrected chi connectivity index (χ4v) is 2.97. The van der Waals surface area contributed by atoms with E-state index in [1.54, 1.807) is 25.3 Å². The molecular formula is C15H21ClF3N5OS. The first-order valence-electron chi connectivity index (χ1n) is 7.75. The molecule has 0 unspecified atom stereocenters. The summed E-state index contributed by atoms with van der Waals surface area (Å²) in [5.41, 5.74) is 0.586. The minimum Gasteiger partial charge on any atom is -0.297 e. The Morgan fingerprint density at radius 1 is 1.46 bits per heavy atom. The lowest BCUT2D eigenvalue weighted by Gasteiger charge is -2.25. The molecule has 1 aromatic rings. The number of nitrogens with one attached hydrogen (secondary N) is 1. The monoisotopic (exact) mass is 411 g/mol. The summed E-state index contributed by atoms with van der Waals surface area (Å²) in [6, 6.07) is 3.43. The van der Waals surface area contributed by atoms with Crippen molar-refractivity contribution >= 4 is 35.1 Å². The normalized spacial score (nSPS) is 12.0. The Balaban J connectivity index is 2.62. The molecule has 0 atom stereocenters. The van der Waals surface area contributed by atoms with E-state index in [9.17, 15) is 18.0 Å². The standard InChI is InChI=1S/C15H21ClF3N5OS/c1-2-23(14(25)5-8-26-9-6-15(17,18)19)13(22-16)11-24(20)12-4-3-7-21-10-12/h3-4,7,10-11,22H,2,5-6,8-9,20H2,1H3/b13-11+. The number of nitrogens with zero attached hydrogens (tertiary/aromatic N) is 3. The van der Waals surface area contributed by atoms with Crippen LogP contribution in [0.5, 0.6) is 0 Å². The summed E-state index contributed by atoms with van der Waals surface area (Å²) in [5.74, 6) is 6.11. The van der Waals surface area contributed by atoms with E-state index in [0.29, 0.717) is 12.2 Å². The van der Waals surface area contributed by atoms with Crippen LogP contribution in [0.25, 0.3) is 0 Å². The maximum absolute atomic E-state index is 12.3. The van der Waals surface area contributed by atoms with Crippen LogP contribution < -0.4 is 15.7 Å². The number of hydrogen-bond acceptors (Lipinski definition) is 6. The Hall–Kier alpha value is -1.65. The number of pyridine rings is 1. The highest BCUT2D eigenvalue weighted by atomic mass is 35.5. The van der Waals surface area contributed by atoms with E-state index in [4.69, 9.17) is 17.6 Å². The topological polar surface area (TPSA) is 74.5 Å². The van der Waals surface area contributed by atoms with Gasteiger partial charge in [0.05, 0.1) is 24.5 Å². The molecule has 0 aliphatic heterocycles. The lowest BCUT2D eigenvalue weighted by atomic mass is 10.3. The van der Waals surface area contributed by atoms with Crippen LogP contribution in [0.2, 0.25) is 0 Å². The zero-order valence-electron chi connectivity index (χ0n) is 14.2. The Kier molecular flexibility index (Phi) is 9.60. The Morgan fingerprint density at radius 3 is 2.73 bits per heavy atom. The van der Waals surface area contributed by atoms with Crippen molar-refractivity contribution < 1.29 is 18.0 Å². The molecule has 0 radical (unpaired) electrons. The molecule has 3 N–H and O–H groups in total. The van der Waals surface area contributed by atoms with E-state index in [1.807, 2.05) is 0 Å². The van der Waals surface area contributed by atoms with Gasteiger partial charge in [-0.05, 0) is 19.1 Å². The number of nitrogens with two attached hydrogens (primary N) is 1. The Morgan fingerprint density at radius 2 is 2.19 bits per heavy atom. The zero-order valence-corrected chi connectivity index (χ0v) is 15.7. The summed E-state index contributed by atoms with van der Waals surface area (Å²) < 4.78 is 36.3. The lowest BCUT2D eigenvalue weighted by molar-refractivity contribution is -0.129. The van der Waals surface area contributed by atoms with Gasteiger partial charge in [0.15, 0.2) is 0 Å². The molecule has 1 amide bonds. The number of anilines is 1. The molecule has 0 aliphatic rings. The van der Waals surface area contributed by atoms with Gasteiger partial charge in [-0.1, -0.05) is 0 Å². The van der Waals surface area contributed by atoms with Crippen molar-refractivity contribution in [1.29, 1.82) is 0 Å². The molecule has 0 spiro atoms. The average molecular weight is 412 g/mol. The van der Waals surface area contributed by atoms with Crippen LogP contribution in [0.1, 0.15) is 19.8 Å². The lowest BCUT2D eigenvalue weighted by Crippen LogP contribution is -2.37. The number of alkyl halides is 3. The number of carbonyl (C=O) groups excluding carboxylic acids is 1. The molecule has 146 valence electrons. The third kappa shape index (κ3) is 8.15. The first-order valence-corrected chi connectivity index (χ1v) is 9.29. The molecule has 0 fully saturated rings. The van der Waals surface area contributed by atoms with Crippen LogP contribution in [0.4, 0.5) is 18.9 Å². The Bertz CT molecular complexity index is 588. The van der Waals surface area contributed by atoms with Crippen molar-refractivity contribution in [3.8, 4) is 0 Å². The number of thioether (sulfide) groups is 1. The second-order valence-corrected chi connectivity index (χ2v) is 6.51. The van der Waals surface area contributed by atoms with Crippen LogP contribution in [0.3, 0.4) is 0 Å². The second-order valence-electron chi connectivity index (χ2n) is 5.09. The van der Waals surface area contributed by atoms with Gasteiger partial charge in [-0.25, -0.2) is 5.84 Å². The summed E-state index contributed by atoms with van der Waals surface area (Å²) in [4.78, 5) is 20.0. The number of hydrazine groups is 1. The maximum Gasteiger partial charge on any atom is 0.389 e. The molecule has 0 aromatic carbocycles. The highest BCUT2D eigenvalue weighted by Gasteiger charge is 2.26. The number of carbonyl (C=O) groups is 1. The van der Waals surface area contributed by atoms with Gasteiger partial charge < -0.3 is 0 Å². The molecule has 11 heteroatoms. The van der Waals surface area contributed by atoms with Gasteiger partial charge in [0.1, 0.15) is 5.82 Å². The number of rotatable bonds is 10. The van der Waals surface area contributed by atoms with Crippen LogP contribution >= 0.6 is 23.5 Å². The summed E-state index contributed by atoms with van der Waals surface area (Å²) in [5, 5.41) is 1.26. The summed E-state index contributed by atoms with van der Waals surface area (Å²) >= 11 is 6.79. The van der Waals surface area contributed by atoms with Gasteiger partial charge in [0.2, 0.25) is 5.91 Å². The molecule has 0 saturated carbocycles. The van der Waals surface area contributed by atoms with E-state index < -0.39 is 12.6 Å². The van der Waals surface area contributed by atoms with E-state index in [0.717, 1.165) is 11.8 Å². The third-order valence-corrected chi connectivity index (χ3v) is 4.38. The first kappa shape index (κ1) is 22.4. The fraction of sp³-hybridized carbons (Fsp3) is 0.467. The highest BCUT2D eigenvalue weighted by Crippen LogP contribution is 2.22. The molecule has 0 saturated heterocycles. The van der Waals surface area contributed by atoms with Crippen molar-refractivity contribution in [2.45, 2.75) is 25.9 Å². The molecule has 0 aliphatic carbocycles. The molecule has 26 heavy (non-hydrogen) atoms. The average Bonchev–Trinajstić information content (AvgIpc) is 2.60. The minimum absolute atomic E-state index is 0.0725. The largest absolute Gasteiger partial charge is 0.389 e. The Labute approximate surface area is 159 Å². The number of hydrogen-bond donors (Lipinski definition) is 2. The van der Waals surface area contributed by atoms with Crippen molar-refractivity contribution in [3.05, 3.63) is 36.5 Å². The van der Waals surface area contributed by atoms with Gasteiger partial charge in [0.25, 0.3) is 0 Å². The molecule has 6 nitrogen and oxygen atoms in total. The predicted molar refractivity (Wildman–Crippen MR) is 98.0 cm³/mol. The summed E-state index contributed by atoms with van der Waals surface area (Å²) in [6.07, 6.45) is -0.392. The summed E-state index contributed by atoms with van der Waals surface area (Å²) in [7, 11) is 0. The molecule has 0 bridgehead atoms. The summed E-state index contributed by atoms with van der Waals surface area (Å²) in [6.45, 7) is 2.07. The van der Waals surface area contributed by atoms with Gasteiger partial charge in [-0.15, -0.1) is 0 Å². The van der Waals surface area contributed by atoms with Gasteiger partial charge >= 0.3 is 6.18 Å². The van der Waals surface area contributed by atoms with E-state index in [-0.39, 0.29) is 29.7 Å². The van der Waals surface area contributed by atoms with Gasteiger partial charge in [-0.2, -0.15) is 24.9 Å². The van der Waals surface area contributed by atoms with Crippen LogP contribution in [0, 0.1) is 0 Å². The van der Waals surface area contributed by atoms with Gasteiger partial charge in [-0.3, -0.25) is 24.5 Å². The SMILES string of the molecule is CCN(C(=O)CCSCCC(F)(F)F)/C(=C/N(N)c1cccnc1)NCl. The quantitative estimate of drug-likeness (QED) is 0.266. The van der Waals surface area contributed by atoms with Crippen LogP contribution in [0.15, 0.2) is 36.5 Å². The van der Waals surface area contributed by atoms with E-state index in [2.05, 4.69) is 9.82 Å². The maximum atomic E-state index is 12.3. The van der Waals surface area contributed by atoms with Crippen LogP contribution in [-0.4, -0.2) is 40.0 Å². The first-order chi connectivity index (χ1) is 12.3. The number of amides is 1. The van der Waals surface area contributed by atoms with Crippen LogP contribution in [-0.2, 0) is 4.79 Å². The van der Waals surface area contributed by atoms with Crippen molar-refractivity contribution in [2.24, 2.45) is 5.84 Å². The van der Waals surface area contributed by atoms with Crippen molar-refractivity contribution in [2.75, 3.05) is 23.1 Å². The van der Waals surface area contributed by atoms with E-state index >= 15 is 0 Å². The third-order valence-electron chi connectivity index (χ3n) is 3.20.